The van der Waals surface area contributed by atoms with Gasteiger partial charge in [-0.1, -0.05) is 12.1 Å². The summed E-state index contributed by atoms with van der Waals surface area (Å²) >= 11 is 4.00. The van der Waals surface area contributed by atoms with Crippen LogP contribution in [0.3, 0.4) is 0 Å². The molecular formula is C29H22BrF3N2O8S. The summed E-state index contributed by atoms with van der Waals surface area (Å²) < 4.78 is 56.2. The van der Waals surface area contributed by atoms with E-state index in [4.69, 9.17) is 19.3 Å². The number of imide groups is 1. The first-order chi connectivity index (χ1) is 20.8. The molecular weight excluding hydrogens is 673 g/mol. The summed E-state index contributed by atoms with van der Waals surface area (Å²) in [5, 5.41) is 10.6. The van der Waals surface area contributed by atoms with Gasteiger partial charge in [-0.05, 0) is 87.4 Å². The molecule has 0 radical (unpaired) electrons. The first-order valence-corrected chi connectivity index (χ1v) is 14.0. The highest BCUT2D eigenvalue weighted by molar-refractivity contribution is 9.10. The van der Waals surface area contributed by atoms with Crippen LogP contribution in [-0.4, -0.2) is 53.8 Å². The molecule has 1 aliphatic rings. The van der Waals surface area contributed by atoms with Crippen molar-refractivity contribution < 1.29 is 51.7 Å². The van der Waals surface area contributed by atoms with Crippen molar-refractivity contribution in [1.29, 1.82) is 0 Å². The van der Waals surface area contributed by atoms with Gasteiger partial charge in [0.15, 0.2) is 11.5 Å². The van der Waals surface area contributed by atoms with Crippen LogP contribution >= 0.6 is 27.7 Å². The average molecular weight is 695 g/mol. The van der Waals surface area contributed by atoms with Gasteiger partial charge in [0.1, 0.15) is 18.9 Å². The quantitative estimate of drug-likeness (QED) is 0.230. The first kappa shape index (κ1) is 32.4. The maximum atomic E-state index is 13.1. The van der Waals surface area contributed by atoms with Gasteiger partial charge in [0, 0.05) is 0 Å². The minimum atomic E-state index is -4.67. The Balaban J connectivity index is 1.47. The van der Waals surface area contributed by atoms with Gasteiger partial charge in [0.25, 0.3) is 11.1 Å². The van der Waals surface area contributed by atoms with E-state index in [2.05, 4.69) is 21.2 Å². The predicted molar refractivity (Wildman–Crippen MR) is 158 cm³/mol. The summed E-state index contributed by atoms with van der Waals surface area (Å²) in [6.07, 6.45) is -3.25. The Morgan fingerprint density at radius 2 is 1.70 bits per heavy atom. The maximum Gasteiger partial charge on any atom is 0.416 e. The van der Waals surface area contributed by atoms with Gasteiger partial charge in [0.05, 0.1) is 40.4 Å². The summed E-state index contributed by atoms with van der Waals surface area (Å²) in [5.41, 5.74) is 0.00658. The van der Waals surface area contributed by atoms with Crippen molar-refractivity contribution in [3.8, 4) is 17.2 Å². The molecule has 15 heteroatoms. The Hall–Kier alpha value is -4.50. The van der Waals surface area contributed by atoms with Crippen LogP contribution < -0.4 is 19.5 Å². The molecule has 3 amide bonds. The van der Waals surface area contributed by atoms with Gasteiger partial charge in [-0.3, -0.25) is 19.3 Å². The Morgan fingerprint density at radius 3 is 2.32 bits per heavy atom. The third-order valence-electron chi connectivity index (χ3n) is 6.11. The third-order valence-corrected chi connectivity index (χ3v) is 7.61. The Morgan fingerprint density at radius 1 is 1.02 bits per heavy atom. The minimum absolute atomic E-state index is 0.000547. The van der Waals surface area contributed by atoms with Gasteiger partial charge in [-0.15, -0.1) is 0 Å². The number of alkyl halides is 3. The molecule has 1 heterocycles. The van der Waals surface area contributed by atoms with E-state index in [9.17, 15) is 32.3 Å². The van der Waals surface area contributed by atoms with Crippen molar-refractivity contribution in [2.24, 2.45) is 0 Å². The second kappa shape index (κ2) is 13.4. The fourth-order valence-corrected chi connectivity index (χ4v) is 5.38. The number of benzene rings is 3. The summed E-state index contributed by atoms with van der Waals surface area (Å²) in [6, 6.07) is 11.9. The highest BCUT2D eigenvalue weighted by Crippen LogP contribution is 2.40. The first-order valence-electron chi connectivity index (χ1n) is 12.4. The molecule has 44 heavy (non-hydrogen) atoms. The Bertz CT molecular complexity index is 1660. The Kier molecular flexibility index (Phi) is 9.89. The van der Waals surface area contributed by atoms with Crippen LogP contribution in [0.5, 0.6) is 17.2 Å². The van der Waals surface area contributed by atoms with Crippen LogP contribution in [0, 0.1) is 0 Å². The fourth-order valence-electron chi connectivity index (χ4n) is 3.97. The van der Waals surface area contributed by atoms with E-state index in [0.717, 1.165) is 12.1 Å². The summed E-state index contributed by atoms with van der Waals surface area (Å²) in [6.45, 7) is -0.643. The molecule has 1 aliphatic heterocycles. The monoisotopic (exact) mass is 694 g/mol. The lowest BCUT2D eigenvalue weighted by Gasteiger charge is -2.16. The van der Waals surface area contributed by atoms with Gasteiger partial charge in [-0.25, -0.2) is 4.79 Å². The number of carboxylic acid groups (broad SMARTS) is 1. The lowest BCUT2D eigenvalue weighted by Crippen LogP contribution is -2.36. The summed E-state index contributed by atoms with van der Waals surface area (Å²) in [4.78, 5) is 50.0. The summed E-state index contributed by atoms with van der Waals surface area (Å²) in [5.74, 6) is -2.14. The number of nitrogens with one attached hydrogen (secondary N) is 1. The van der Waals surface area contributed by atoms with E-state index in [-0.39, 0.29) is 28.5 Å². The van der Waals surface area contributed by atoms with Crippen LogP contribution in [0.4, 0.5) is 23.7 Å². The number of anilines is 1. The second-order valence-electron chi connectivity index (χ2n) is 9.05. The molecule has 0 atom stereocenters. The number of nitrogens with zero attached hydrogens (tertiary/aromatic N) is 1. The number of ether oxygens (including phenoxy) is 3. The summed E-state index contributed by atoms with van der Waals surface area (Å²) in [7, 11) is 2.62. The molecule has 1 saturated heterocycles. The fraction of sp³-hybridized carbons (Fsp3) is 0.172. The molecule has 0 aromatic heterocycles. The number of halogens is 4. The van der Waals surface area contributed by atoms with Crippen LogP contribution in [0.25, 0.3) is 6.08 Å². The maximum absolute atomic E-state index is 13.1. The number of carbonyl (C=O) groups excluding carboxylic acids is 3. The molecule has 0 saturated carbocycles. The van der Waals surface area contributed by atoms with Gasteiger partial charge in [-0.2, -0.15) is 13.2 Å². The van der Waals surface area contributed by atoms with E-state index in [1.807, 2.05) is 0 Å². The van der Waals surface area contributed by atoms with Crippen LogP contribution in [0.15, 0.2) is 64.0 Å². The number of carbonyl (C=O) groups is 4. The number of methoxy groups -OCH3 is 2. The zero-order valence-corrected chi connectivity index (χ0v) is 25.3. The number of amides is 3. The normalized spacial score (nSPS) is 14.1. The number of carboxylic acids is 1. The Labute approximate surface area is 260 Å². The molecule has 0 spiro atoms. The third kappa shape index (κ3) is 7.52. The molecule has 0 aliphatic carbocycles. The number of hydrogen-bond acceptors (Lipinski definition) is 8. The van der Waals surface area contributed by atoms with Crippen LogP contribution in [-0.2, 0) is 22.4 Å². The van der Waals surface area contributed by atoms with Crippen molar-refractivity contribution in [3.05, 3.63) is 86.2 Å². The highest BCUT2D eigenvalue weighted by Gasteiger charge is 2.37. The van der Waals surface area contributed by atoms with E-state index in [1.165, 1.54) is 32.4 Å². The molecule has 10 nitrogen and oxygen atoms in total. The molecule has 2 N–H and O–H groups in total. The molecule has 0 unspecified atom stereocenters. The number of hydrogen-bond donors (Lipinski definition) is 2. The molecule has 3 aromatic carbocycles. The van der Waals surface area contributed by atoms with Crippen molar-refractivity contribution in [2.45, 2.75) is 12.8 Å². The topological polar surface area (TPSA) is 131 Å². The SMILES string of the molecule is COc1ccc(C(F)(F)F)cc1NC(=O)CN1C(=O)S/C(=C\c2cc(Br)c(OCc3ccc(C(=O)O)cc3)c(OC)c2)C1=O. The lowest BCUT2D eigenvalue weighted by molar-refractivity contribution is -0.137. The van der Waals surface area contributed by atoms with Crippen molar-refractivity contribution in [2.75, 3.05) is 26.1 Å². The zero-order valence-electron chi connectivity index (χ0n) is 22.9. The van der Waals surface area contributed by atoms with E-state index >= 15 is 0 Å². The molecule has 1 fully saturated rings. The van der Waals surface area contributed by atoms with Crippen molar-refractivity contribution in [3.63, 3.8) is 0 Å². The average Bonchev–Trinajstić information content (AvgIpc) is 3.23. The number of rotatable bonds is 10. The number of aromatic carboxylic acids is 1. The molecule has 230 valence electrons. The van der Waals surface area contributed by atoms with E-state index in [0.29, 0.717) is 49.8 Å². The van der Waals surface area contributed by atoms with Gasteiger partial charge >= 0.3 is 12.1 Å². The zero-order chi connectivity index (χ0) is 32.2. The molecule has 4 rings (SSSR count). The smallest absolute Gasteiger partial charge is 0.416 e. The second-order valence-corrected chi connectivity index (χ2v) is 10.9. The van der Waals surface area contributed by atoms with E-state index < -0.39 is 41.3 Å². The van der Waals surface area contributed by atoms with Gasteiger partial charge in [0.2, 0.25) is 5.91 Å². The standard InChI is InChI=1S/C29H22BrF3N2O8S/c1-41-21-8-7-18(29(31,32)33)12-20(21)34-24(36)13-35-26(37)23(44-28(35)40)11-16-9-19(30)25(22(10-16)42-2)43-14-15-3-5-17(6-4-15)27(38)39/h3-12H,13-14H2,1-2H3,(H,34,36)(H,38,39)/b23-11-. The minimum Gasteiger partial charge on any atom is -0.495 e. The lowest BCUT2D eigenvalue weighted by atomic mass is 10.1. The van der Waals surface area contributed by atoms with Crippen LogP contribution in [0.2, 0.25) is 0 Å². The molecule has 0 bridgehead atoms. The van der Waals surface area contributed by atoms with Crippen LogP contribution in [0.1, 0.15) is 27.0 Å². The molecule has 3 aromatic rings. The number of thioether (sulfide) groups is 1. The van der Waals surface area contributed by atoms with Crippen molar-refractivity contribution >= 4 is 62.5 Å². The predicted octanol–water partition coefficient (Wildman–Crippen LogP) is 6.44. The van der Waals surface area contributed by atoms with Gasteiger partial charge < -0.3 is 24.6 Å². The largest absolute Gasteiger partial charge is 0.495 e. The van der Waals surface area contributed by atoms with Crippen molar-refractivity contribution in [1.82, 2.24) is 4.90 Å². The highest BCUT2D eigenvalue weighted by atomic mass is 79.9. The van der Waals surface area contributed by atoms with E-state index in [1.54, 1.807) is 24.3 Å².